The lowest BCUT2D eigenvalue weighted by molar-refractivity contribution is -0.131. The van der Waals surface area contributed by atoms with E-state index in [1.54, 1.807) is 28.7 Å². The number of hydrogen-bond donors (Lipinski definition) is 1. The van der Waals surface area contributed by atoms with E-state index >= 15 is 0 Å². The SMILES string of the molecule is CCn1nccc1NC(=O)c1csc(C2CCN(C(=O)Cc3ccc(SC)cc3)CC2)n1. The van der Waals surface area contributed by atoms with Crippen molar-refractivity contribution < 1.29 is 9.59 Å². The van der Waals surface area contributed by atoms with Crippen molar-refractivity contribution >= 4 is 40.7 Å². The van der Waals surface area contributed by atoms with Crippen LogP contribution in [0.25, 0.3) is 0 Å². The molecule has 1 aliphatic heterocycles. The van der Waals surface area contributed by atoms with Gasteiger partial charge in [-0.05, 0) is 43.7 Å². The van der Waals surface area contributed by atoms with Gasteiger partial charge < -0.3 is 10.2 Å². The maximum absolute atomic E-state index is 12.7. The number of nitrogens with zero attached hydrogens (tertiary/aromatic N) is 4. The molecule has 3 heterocycles. The molecule has 7 nitrogen and oxygen atoms in total. The molecule has 168 valence electrons. The van der Waals surface area contributed by atoms with Crippen molar-refractivity contribution in [1.82, 2.24) is 19.7 Å². The van der Waals surface area contributed by atoms with Crippen LogP contribution >= 0.6 is 23.1 Å². The number of anilines is 1. The smallest absolute Gasteiger partial charge is 0.276 e. The number of amides is 2. The number of carbonyl (C=O) groups is 2. The molecule has 0 unspecified atom stereocenters. The van der Waals surface area contributed by atoms with Gasteiger partial charge in [0.25, 0.3) is 5.91 Å². The highest BCUT2D eigenvalue weighted by molar-refractivity contribution is 7.98. The molecule has 2 amide bonds. The van der Waals surface area contributed by atoms with Crippen LogP contribution in [-0.4, -0.2) is 50.8 Å². The maximum Gasteiger partial charge on any atom is 0.276 e. The van der Waals surface area contributed by atoms with Crippen LogP contribution in [0.5, 0.6) is 0 Å². The molecule has 0 aliphatic carbocycles. The summed E-state index contributed by atoms with van der Waals surface area (Å²) in [6, 6.07) is 9.97. The number of nitrogens with one attached hydrogen (secondary N) is 1. The van der Waals surface area contributed by atoms with Gasteiger partial charge in [0.15, 0.2) is 0 Å². The number of benzene rings is 1. The van der Waals surface area contributed by atoms with Crippen LogP contribution in [0.3, 0.4) is 0 Å². The summed E-state index contributed by atoms with van der Waals surface area (Å²) < 4.78 is 1.73. The average Bonchev–Trinajstić information content (AvgIpc) is 3.49. The minimum atomic E-state index is -0.220. The van der Waals surface area contributed by atoms with Crippen LogP contribution < -0.4 is 5.32 Å². The summed E-state index contributed by atoms with van der Waals surface area (Å²) in [7, 11) is 0. The van der Waals surface area contributed by atoms with Crippen molar-refractivity contribution in [3.05, 3.63) is 58.2 Å². The van der Waals surface area contributed by atoms with E-state index in [-0.39, 0.29) is 17.7 Å². The Labute approximate surface area is 196 Å². The molecule has 0 saturated carbocycles. The second-order valence-electron chi connectivity index (χ2n) is 7.74. The topological polar surface area (TPSA) is 80.1 Å². The zero-order valence-corrected chi connectivity index (χ0v) is 19.9. The van der Waals surface area contributed by atoms with Gasteiger partial charge in [-0.3, -0.25) is 9.59 Å². The van der Waals surface area contributed by atoms with Crippen LogP contribution in [0.2, 0.25) is 0 Å². The van der Waals surface area contributed by atoms with Gasteiger partial charge >= 0.3 is 0 Å². The predicted octanol–water partition coefficient (Wildman–Crippen LogP) is 4.28. The van der Waals surface area contributed by atoms with Crippen LogP contribution in [0, 0.1) is 0 Å². The zero-order valence-electron chi connectivity index (χ0n) is 18.3. The molecule has 9 heteroatoms. The largest absolute Gasteiger partial charge is 0.342 e. The third-order valence-corrected chi connectivity index (χ3v) is 7.47. The van der Waals surface area contributed by atoms with Gasteiger partial charge in [-0.15, -0.1) is 23.1 Å². The summed E-state index contributed by atoms with van der Waals surface area (Å²) in [5.74, 6) is 0.907. The van der Waals surface area contributed by atoms with Crippen molar-refractivity contribution in [3.8, 4) is 0 Å². The van der Waals surface area contributed by atoms with Crippen molar-refractivity contribution in [2.45, 2.75) is 43.5 Å². The number of thiazole rings is 1. The summed E-state index contributed by atoms with van der Waals surface area (Å²) in [5.41, 5.74) is 1.48. The molecule has 1 aliphatic rings. The first kappa shape index (κ1) is 22.5. The van der Waals surface area contributed by atoms with E-state index in [1.165, 1.54) is 16.2 Å². The van der Waals surface area contributed by atoms with E-state index in [0.717, 1.165) is 36.5 Å². The van der Waals surface area contributed by atoms with E-state index in [2.05, 4.69) is 27.5 Å². The Kier molecular flexibility index (Phi) is 7.26. The van der Waals surface area contributed by atoms with Gasteiger partial charge in [0.05, 0.1) is 17.6 Å². The van der Waals surface area contributed by atoms with Crippen LogP contribution in [0.4, 0.5) is 5.82 Å². The summed E-state index contributed by atoms with van der Waals surface area (Å²) in [6.45, 7) is 4.11. The normalized spacial score (nSPS) is 14.5. The van der Waals surface area contributed by atoms with Gasteiger partial charge in [0.2, 0.25) is 5.91 Å². The second-order valence-corrected chi connectivity index (χ2v) is 9.51. The summed E-state index contributed by atoms with van der Waals surface area (Å²) in [6.07, 6.45) is 5.89. The van der Waals surface area contributed by atoms with E-state index in [9.17, 15) is 9.59 Å². The highest BCUT2D eigenvalue weighted by atomic mass is 32.2. The van der Waals surface area contributed by atoms with Crippen molar-refractivity contribution in [2.75, 3.05) is 24.7 Å². The minimum Gasteiger partial charge on any atom is -0.342 e. The molecule has 1 aromatic carbocycles. The Morgan fingerprint density at radius 1 is 1.19 bits per heavy atom. The van der Waals surface area contributed by atoms with Gasteiger partial charge in [-0.2, -0.15) is 5.10 Å². The number of rotatable bonds is 7. The molecule has 0 spiro atoms. The van der Waals surface area contributed by atoms with E-state index < -0.39 is 0 Å². The molecule has 0 radical (unpaired) electrons. The van der Waals surface area contributed by atoms with E-state index in [0.29, 0.717) is 24.5 Å². The number of piperidine rings is 1. The Hall–Kier alpha value is -2.65. The maximum atomic E-state index is 12.7. The Bertz CT molecular complexity index is 1070. The van der Waals surface area contributed by atoms with Gasteiger partial charge in [0.1, 0.15) is 11.5 Å². The van der Waals surface area contributed by atoms with E-state index in [4.69, 9.17) is 0 Å². The first-order valence-corrected chi connectivity index (χ1v) is 12.9. The Balaban J connectivity index is 1.30. The molecule has 0 atom stereocenters. The number of aryl methyl sites for hydroxylation is 1. The molecule has 1 N–H and O–H groups in total. The fraction of sp³-hybridized carbons (Fsp3) is 0.391. The predicted molar refractivity (Wildman–Crippen MR) is 128 cm³/mol. The summed E-state index contributed by atoms with van der Waals surface area (Å²) >= 11 is 3.22. The highest BCUT2D eigenvalue weighted by Gasteiger charge is 2.26. The first-order chi connectivity index (χ1) is 15.6. The monoisotopic (exact) mass is 469 g/mol. The molecule has 32 heavy (non-hydrogen) atoms. The lowest BCUT2D eigenvalue weighted by Gasteiger charge is -2.31. The number of carbonyl (C=O) groups excluding carboxylic acids is 2. The highest BCUT2D eigenvalue weighted by Crippen LogP contribution is 2.31. The summed E-state index contributed by atoms with van der Waals surface area (Å²) in [5, 5.41) is 9.83. The molecule has 4 rings (SSSR count). The number of likely N-dealkylation sites (tertiary alicyclic amines) is 1. The number of thioether (sulfide) groups is 1. The molecule has 1 saturated heterocycles. The lowest BCUT2D eigenvalue weighted by atomic mass is 9.97. The first-order valence-electron chi connectivity index (χ1n) is 10.8. The second kappa shape index (κ2) is 10.3. The summed E-state index contributed by atoms with van der Waals surface area (Å²) in [4.78, 5) is 33.0. The number of aromatic nitrogens is 3. The molecular formula is C23H27N5O2S2. The fourth-order valence-corrected chi connectivity index (χ4v) is 5.24. The molecule has 2 aromatic heterocycles. The lowest BCUT2D eigenvalue weighted by Crippen LogP contribution is -2.38. The Morgan fingerprint density at radius 3 is 2.62 bits per heavy atom. The molecule has 1 fully saturated rings. The third kappa shape index (κ3) is 5.21. The standard InChI is InChI=1S/C23H27N5O2S2/c1-3-28-20(8-11-24-28)26-22(30)19-15-32-23(25-19)17-9-12-27(13-10-17)21(29)14-16-4-6-18(31-2)7-5-16/h4-8,11,15,17H,3,9-10,12-14H2,1-2H3,(H,26,30). The van der Waals surface area contributed by atoms with Crippen molar-refractivity contribution in [3.63, 3.8) is 0 Å². The van der Waals surface area contributed by atoms with Crippen LogP contribution in [-0.2, 0) is 17.8 Å². The van der Waals surface area contributed by atoms with E-state index in [1.807, 2.05) is 35.6 Å². The number of hydrogen-bond acceptors (Lipinski definition) is 6. The van der Waals surface area contributed by atoms with Crippen molar-refractivity contribution in [2.24, 2.45) is 0 Å². The third-order valence-electron chi connectivity index (χ3n) is 5.72. The van der Waals surface area contributed by atoms with Crippen LogP contribution in [0.15, 0.2) is 46.8 Å². The fourth-order valence-electron chi connectivity index (χ4n) is 3.86. The molecule has 3 aromatic rings. The van der Waals surface area contributed by atoms with Gasteiger partial charge in [0, 0.05) is 41.9 Å². The zero-order chi connectivity index (χ0) is 22.5. The quantitative estimate of drug-likeness (QED) is 0.523. The van der Waals surface area contributed by atoms with Crippen molar-refractivity contribution in [1.29, 1.82) is 0 Å². The molecule has 0 bridgehead atoms. The minimum absolute atomic E-state index is 0.173. The van der Waals surface area contributed by atoms with Gasteiger partial charge in [-0.25, -0.2) is 9.67 Å². The Morgan fingerprint density at radius 2 is 1.94 bits per heavy atom. The van der Waals surface area contributed by atoms with Crippen LogP contribution in [0.1, 0.15) is 46.7 Å². The molecular weight excluding hydrogens is 442 g/mol. The average molecular weight is 470 g/mol. The van der Waals surface area contributed by atoms with Gasteiger partial charge in [-0.1, -0.05) is 12.1 Å².